The fraction of sp³-hybridized carbons (Fsp3) is 1.00. The Morgan fingerprint density at radius 1 is 0.593 bits per heavy atom. The van der Waals surface area contributed by atoms with Crippen LogP contribution in [0, 0.1) is 47.3 Å². The molecule has 0 aromatic heterocycles. The van der Waals surface area contributed by atoms with Gasteiger partial charge >= 0.3 is 0 Å². The fourth-order valence-electron chi connectivity index (χ4n) is 7.53. The molecule has 3 aliphatic carbocycles. The molecule has 8 unspecified atom stereocenters. The van der Waals surface area contributed by atoms with E-state index in [0.717, 1.165) is 41.4 Å². The van der Waals surface area contributed by atoms with E-state index in [1.165, 1.54) is 70.6 Å². The van der Waals surface area contributed by atoms with Crippen molar-refractivity contribution in [1.29, 1.82) is 0 Å². The first-order chi connectivity index (χ1) is 12.9. The lowest BCUT2D eigenvalue weighted by atomic mass is 9.66. The SMILES string of the molecule is CO[C@@H]1CC(C)CC(CC2CC(C)CC(CC3CC(C)CC(CO)C3)C2)C1. The van der Waals surface area contributed by atoms with Crippen molar-refractivity contribution in [3.63, 3.8) is 0 Å². The molecule has 3 saturated carbocycles. The Balaban J connectivity index is 1.51. The van der Waals surface area contributed by atoms with Crippen LogP contribution in [0.3, 0.4) is 0 Å². The molecule has 0 radical (unpaired) electrons. The molecular weight excluding hydrogens is 332 g/mol. The third-order valence-corrected chi connectivity index (χ3v) is 8.20. The Bertz CT molecular complexity index is 398. The molecule has 0 saturated heterocycles. The van der Waals surface area contributed by atoms with Crippen LogP contribution < -0.4 is 0 Å². The van der Waals surface area contributed by atoms with Crippen molar-refractivity contribution >= 4 is 0 Å². The minimum atomic E-state index is 0.408. The van der Waals surface area contributed by atoms with Crippen LogP contribution in [0.15, 0.2) is 0 Å². The van der Waals surface area contributed by atoms with Crippen molar-refractivity contribution in [3.8, 4) is 0 Å². The van der Waals surface area contributed by atoms with Crippen molar-refractivity contribution < 1.29 is 9.84 Å². The number of hydrogen-bond acceptors (Lipinski definition) is 2. The molecule has 0 aromatic carbocycles. The Morgan fingerprint density at radius 2 is 1.00 bits per heavy atom. The second-order valence-corrected chi connectivity index (χ2v) is 11.3. The van der Waals surface area contributed by atoms with Gasteiger partial charge in [-0.2, -0.15) is 0 Å². The Hall–Kier alpha value is -0.0800. The van der Waals surface area contributed by atoms with Gasteiger partial charge < -0.3 is 9.84 Å². The first kappa shape index (κ1) is 21.6. The van der Waals surface area contributed by atoms with Crippen LogP contribution in [-0.2, 0) is 4.74 Å². The first-order valence-corrected chi connectivity index (χ1v) is 12.1. The monoisotopic (exact) mass is 378 g/mol. The molecule has 3 fully saturated rings. The lowest BCUT2D eigenvalue weighted by molar-refractivity contribution is 0.0212. The third-order valence-electron chi connectivity index (χ3n) is 8.20. The topological polar surface area (TPSA) is 29.5 Å². The highest BCUT2D eigenvalue weighted by Gasteiger charge is 2.34. The largest absolute Gasteiger partial charge is 0.396 e. The van der Waals surface area contributed by atoms with Gasteiger partial charge in [0.25, 0.3) is 0 Å². The zero-order valence-electron chi connectivity index (χ0n) is 18.5. The summed E-state index contributed by atoms with van der Waals surface area (Å²) < 4.78 is 5.73. The molecule has 3 aliphatic rings. The number of hydrogen-bond donors (Lipinski definition) is 1. The van der Waals surface area contributed by atoms with Crippen molar-refractivity contribution in [3.05, 3.63) is 0 Å². The molecule has 9 atom stereocenters. The van der Waals surface area contributed by atoms with Gasteiger partial charge in [-0.15, -0.1) is 0 Å². The standard InChI is InChI=1S/C25H46O2/c1-17-5-20(12-22-7-18(2)9-24(14-22)16-26)11-21(6-17)13-23-8-19(3)10-25(15-23)27-4/h17-26H,5-16H2,1-4H3/t17?,18?,19?,20?,21?,22?,23?,24?,25-/m1/s1. The average molecular weight is 379 g/mol. The van der Waals surface area contributed by atoms with Crippen molar-refractivity contribution in [2.24, 2.45) is 47.3 Å². The maximum Gasteiger partial charge on any atom is 0.0576 e. The van der Waals surface area contributed by atoms with Crippen molar-refractivity contribution in [1.82, 2.24) is 0 Å². The van der Waals surface area contributed by atoms with E-state index in [-0.39, 0.29) is 0 Å². The number of aliphatic hydroxyl groups excluding tert-OH is 1. The zero-order valence-corrected chi connectivity index (χ0v) is 18.5. The number of ether oxygens (including phenoxy) is 1. The highest BCUT2D eigenvalue weighted by atomic mass is 16.5. The molecule has 0 amide bonds. The van der Waals surface area contributed by atoms with Crippen LogP contribution in [0.5, 0.6) is 0 Å². The van der Waals surface area contributed by atoms with E-state index in [1.54, 1.807) is 0 Å². The summed E-state index contributed by atoms with van der Waals surface area (Å²) in [6.45, 7) is 7.73. The molecule has 2 nitrogen and oxygen atoms in total. The smallest absolute Gasteiger partial charge is 0.0576 e. The summed E-state index contributed by atoms with van der Waals surface area (Å²) in [4.78, 5) is 0. The molecule has 0 aliphatic heterocycles. The Labute approximate surface area is 168 Å². The van der Waals surface area contributed by atoms with Gasteiger partial charge in [0.1, 0.15) is 0 Å². The normalized spacial score (nSPS) is 46.3. The summed E-state index contributed by atoms with van der Waals surface area (Å²) in [6.07, 6.45) is 15.7. The van der Waals surface area contributed by atoms with Crippen LogP contribution >= 0.6 is 0 Å². The molecule has 3 rings (SSSR count). The van der Waals surface area contributed by atoms with Gasteiger partial charge in [-0.1, -0.05) is 20.8 Å². The molecular formula is C25H46O2. The number of aliphatic hydroxyl groups is 1. The molecule has 158 valence electrons. The van der Waals surface area contributed by atoms with E-state index in [9.17, 15) is 5.11 Å². The van der Waals surface area contributed by atoms with E-state index >= 15 is 0 Å². The highest BCUT2D eigenvalue weighted by molar-refractivity contribution is 4.85. The average Bonchev–Trinajstić information content (AvgIpc) is 2.60. The fourth-order valence-corrected chi connectivity index (χ4v) is 7.53. The summed E-state index contributed by atoms with van der Waals surface area (Å²) in [5.41, 5.74) is 0. The second kappa shape index (κ2) is 10.1. The molecule has 0 spiro atoms. The molecule has 2 heteroatoms. The van der Waals surface area contributed by atoms with Crippen LogP contribution in [-0.4, -0.2) is 24.9 Å². The van der Waals surface area contributed by atoms with Gasteiger partial charge in [0.2, 0.25) is 0 Å². The molecule has 0 aromatic rings. The van der Waals surface area contributed by atoms with Gasteiger partial charge in [-0.25, -0.2) is 0 Å². The van der Waals surface area contributed by atoms with Gasteiger partial charge in [-0.3, -0.25) is 0 Å². The molecule has 27 heavy (non-hydrogen) atoms. The van der Waals surface area contributed by atoms with Crippen LogP contribution in [0.25, 0.3) is 0 Å². The van der Waals surface area contributed by atoms with Crippen molar-refractivity contribution in [2.75, 3.05) is 13.7 Å². The number of methoxy groups -OCH3 is 1. The van der Waals surface area contributed by atoms with Gasteiger partial charge in [0.15, 0.2) is 0 Å². The van der Waals surface area contributed by atoms with E-state index in [0.29, 0.717) is 18.6 Å². The lowest BCUT2D eigenvalue weighted by Crippen LogP contribution is -2.31. The van der Waals surface area contributed by atoms with Gasteiger partial charge in [0, 0.05) is 13.7 Å². The highest BCUT2D eigenvalue weighted by Crippen LogP contribution is 2.45. The summed E-state index contributed by atoms with van der Waals surface area (Å²) >= 11 is 0. The van der Waals surface area contributed by atoms with E-state index in [1.807, 2.05) is 7.11 Å². The quantitative estimate of drug-likeness (QED) is 0.586. The summed E-state index contributed by atoms with van der Waals surface area (Å²) in [7, 11) is 1.91. The second-order valence-electron chi connectivity index (χ2n) is 11.3. The summed E-state index contributed by atoms with van der Waals surface area (Å²) in [6, 6.07) is 0. The van der Waals surface area contributed by atoms with E-state index < -0.39 is 0 Å². The van der Waals surface area contributed by atoms with Crippen LogP contribution in [0.1, 0.15) is 91.4 Å². The minimum absolute atomic E-state index is 0.408. The maximum absolute atomic E-state index is 9.65. The Kier molecular flexibility index (Phi) is 8.09. The summed E-state index contributed by atoms with van der Waals surface area (Å²) in [5.74, 6) is 6.77. The zero-order chi connectivity index (χ0) is 19.4. The molecule has 0 bridgehead atoms. The third kappa shape index (κ3) is 6.46. The minimum Gasteiger partial charge on any atom is -0.396 e. The predicted molar refractivity (Wildman–Crippen MR) is 114 cm³/mol. The molecule has 0 heterocycles. The van der Waals surface area contributed by atoms with Crippen LogP contribution in [0.2, 0.25) is 0 Å². The Morgan fingerprint density at radius 3 is 1.48 bits per heavy atom. The van der Waals surface area contributed by atoms with E-state index in [2.05, 4.69) is 20.8 Å². The van der Waals surface area contributed by atoms with E-state index in [4.69, 9.17) is 4.74 Å². The lowest BCUT2D eigenvalue weighted by Gasteiger charge is -2.40. The van der Waals surface area contributed by atoms with Gasteiger partial charge in [-0.05, 0) is 118 Å². The van der Waals surface area contributed by atoms with Crippen LogP contribution in [0.4, 0.5) is 0 Å². The number of rotatable bonds is 6. The maximum atomic E-state index is 9.65. The molecule has 1 N–H and O–H groups in total. The summed E-state index contributed by atoms with van der Waals surface area (Å²) in [5, 5.41) is 9.65. The first-order valence-electron chi connectivity index (χ1n) is 12.1. The van der Waals surface area contributed by atoms with Gasteiger partial charge in [0.05, 0.1) is 6.10 Å². The van der Waals surface area contributed by atoms with Crippen molar-refractivity contribution in [2.45, 2.75) is 97.5 Å². The predicted octanol–water partition coefficient (Wildman–Crippen LogP) is 6.31.